The SMILES string of the molecule is CC(C)NC(=O)O[C@H]1CC[C@@H](c2cc(Nc3ccc(C#N)nc3)n[nH]2)C1. The third-order valence-corrected chi connectivity index (χ3v) is 4.25. The van der Waals surface area contributed by atoms with Crippen molar-refractivity contribution in [1.29, 1.82) is 5.26 Å². The number of rotatable bonds is 5. The van der Waals surface area contributed by atoms with E-state index in [1.54, 1.807) is 18.3 Å². The number of hydrogen-bond acceptors (Lipinski definition) is 6. The number of nitriles is 1. The van der Waals surface area contributed by atoms with Crippen LogP contribution in [0.1, 0.15) is 50.4 Å². The topological polar surface area (TPSA) is 116 Å². The highest BCUT2D eigenvalue weighted by Gasteiger charge is 2.30. The Morgan fingerprint density at radius 1 is 1.42 bits per heavy atom. The van der Waals surface area contributed by atoms with Crippen molar-refractivity contribution < 1.29 is 9.53 Å². The predicted molar refractivity (Wildman–Crippen MR) is 96.0 cm³/mol. The van der Waals surface area contributed by atoms with Gasteiger partial charge in [0, 0.05) is 23.7 Å². The van der Waals surface area contributed by atoms with Crippen molar-refractivity contribution in [2.75, 3.05) is 5.32 Å². The molecule has 1 aliphatic rings. The van der Waals surface area contributed by atoms with Crippen LogP contribution in [0.5, 0.6) is 0 Å². The van der Waals surface area contributed by atoms with Crippen molar-refractivity contribution in [1.82, 2.24) is 20.5 Å². The van der Waals surface area contributed by atoms with E-state index in [4.69, 9.17) is 10.00 Å². The van der Waals surface area contributed by atoms with Gasteiger partial charge < -0.3 is 15.4 Å². The van der Waals surface area contributed by atoms with Crippen LogP contribution in [0.25, 0.3) is 0 Å². The number of nitrogens with zero attached hydrogens (tertiary/aromatic N) is 3. The zero-order valence-electron chi connectivity index (χ0n) is 14.8. The highest BCUT2D eigenvalue weighted by molar-refractivity contribution is 5.67. The summed E-state index contributed by atoms with van der Waals surface area (Å²) in [5, 5.41) is 22.0. The molecule has 0 saturated heterocycles. The summed E-state index contributed by atoms with van der Waals surface area (Å²) in [7, 11) is 0. The number of H-pyrrole nitrogens is 1. The number of aromatic amines is 1. The van der Waals surface area contributed by atoms with Crippen molar-refractivity contribution >= 4 is 17.6 Å². The number of carbonyl (C=O) groups is 1. The Morgan fingerprint density at radius 2 is 2.27 bits per heavy atom. The van der Waals surface area contributed by atoms with Gasteiger partial charge in [0.2, 0.25) is 0 Å². The second kappa shape index (κ2) is 7.87. The van der Waals surface area contributed by atoms with Crippen LogP contribution in [0.15, 0.2) is 24.4 Å². The van der Waals surface area contributed by atoms with Crippen LogP contribution in [0, 0.1) is 11.3 Å². The number of hydrogen-bond donors (Lipinski definition) is 3. The minimum Gasteiger partial charge on any atom is -0.446 e. The maximum atomic E-state index is 11.7. The second-order valence-corrected chi connectivity index (χ2v) is 6.71. The fourth-order valence-electron chi connectivity index (χ4n) is 3.04. The molecule has 2 heterocycles. The number of amides is 1. The van der Waals surface area contributed by atoms with Crippen LogP contribution in [-0.2, 0) is 4.74 Å². The van der Waals surface area contributed by atoms with Gasteiger partial charge in [-0.1, -0.05) is 0 Å². The summed E-state index contributed by atoms with van der Waals surface area (Å²) >= 11 is 0. The molecule has 2 aromatic heterocycles. The van der Waals surface area contributed by atoms with E-state index in [0.29, 0.717) is 11.5 Å². The van der Waals surface area contributed by atoms with Gasteiger partial charge in [0.25, 0.3) is 0 Å². The smallest absolute Gasteiger partial charge is 0.407 e. The number of alkyl carbamates (subject to hydrolysis) is 1. The minimum absolute atomic E-state index is 0.0673. The zero-order valence-corrected chi connectivity index (χ0v) is 14.8. The molecule has 1 amide bonds. The van der Waals surface area contributed by atoms with Gasteiger partial charge in [0.05, 0.1) is 11.9 Å². The Kier molecular flexibility index (Phi) is 5.37. The zero-order chi connectivity index (χ0) is 18.5. The first-order valence-corrected chi connectivity index (χ1v) is 8.69. The predicted octanol–water partition coefficient (Wildman–Crippen LogP) is 3.19. The molecule has 3 N–H and O–H groups in total. The lowest BCUT2D eigenvalue weighted by molar-refractivity contribution is 0.0981. The molecule has 0 aliphatic heterocycles. The van der Waals surface area contributed by atoms with Gasteiger partial charge in [0.15, 0.2) is 5.82 Å². The summed E-state index contributed by atoms with van der Waals surface area (Å²) in [6.45, 7) is 3.81. The highest BCUT2D eigenvalue weighted by atomic mass is 16.6. The van der Waals surface area contributed by atoms with Gasteiger partial charge in [-0.2, -0.15) is 10.4 Å². The standard InChI is InChI=1S/C18H22N6O2/c1-11(2)21-18(25)26-15-6-3-12(7-15)16-8-17(24-23-16)22-14-5-4-13(9-19)20-10-14/h4-5,8,10-12,15H,3,6-7H2,1-2H3,(H,21,25)(H2,22,23,24)/t12-,15+/m1/s1. The molecular formula is C18H22N6O2. The molecule has 0 aromatic carbocycles. The molecule has 136 valence electrons. The van der Waals surface area contributed by atoms with Crippen molar-refractivity contribution in [3.63, 3.8) is 0 Å². The van der Waals surface area contributed by atoms with E-state index in [0.717, 1.165) is 30.6 Å². The maximum Gasteiger partial charge on any atom is 0.407 e. The molecular weight excluding hydrogens is 332 g/mol. The van der Waals surface area contributed by atoms with Crippen molar-refractivity contribution in [2.24, 2.45) is 0 Å². The highest BCUT2D eigenvalue weighted by Crippen LogP contribution is 2.36. The Bertz CT molecular complexity index is 793. The van der Waals surface area contributed by atoms with Crippen LogP contribution < -0.4 is 10.6 Å². The molecule has 2 aromatic rings. The average molecular weight is 354 g/mol. The third-order valence-electron chi connectivity index (χ3n) is 4.25. The Labute approximate surface area is 152 Å². The van der Waals surface area contributed by atoms with Gasteiger partial charge in [0.1, 0.15) is 17.9 Å². The van der Waals surface area contributed by atoms with E-state index in [2.05, 4.69) is 25.8 Å². The summed E-state index contributed by atoms with van der Waals surface area (Å²) in [6.07, 6.45) is 3.75. The molecule has 1 fully saturated rings. The van der Waals surface area contributed by atoms with Crippen molar-refractivity contribution in [3.8, 4) is 6.07 Å². The van der Waals surface area contributed by atoms with Crippen LogP contribution in [-0.4, -0.2) is 33.4 Å². The summed E-state index contributed by atoms with van der Waals surface area (Å²) in [5.41, 5.74) is 2.15. The van der Waals surface area contributed by atoms with E-state index in [-0.39, 0.29) is 24.2 Å². The second-order valence-electron chi connectivity index (χ2n) is 6.71. The first kappa shape index (κ1) is 17.7. The van der Waals surface area contributed by atoms with E-state index in [9.17, 15) is 4.79 Å². The minimum atomic E-state index is -0.356. The number of anilines is 2. The normalized spacial score (nSPS) is 19.2. The van der Waals surface area contributed by atoms with Gasteiger partial charge in [-0.3, -0.25) is 5.10 Å². The molecule has 0 unspecified atom stereocenters. The maximum absolute atomic E-state index is 11.7. The molecule has 2 atom stereocenters. The number of nitrogens with one attached hydrogen (secondary N) is 3. The molecule has 0 spiro atoms. The number of ether oxygens (including phenoxy) is 1. The van der Waals surface area contributed by atoms with Crippen molar-refractivity contribution in [3.05, 3.63) is 35.8 Å². The Balaban J connectivity index is 1.55. The Morgan fingerprint density at radius 3 is 2.96 bits per heavy atom. The lowest BCUT2D eigenvalue weighted by atomic mass is 10.0. The van der Waals surface area contributed by atoms with E-state index in [1.165, 1.54) is 0 Å². The van der Waals surface area contributed by atoms with Gasteiger partial charge >= 0.3 is 6.09 Å². The summed E-state index contributed by atoms with van der Waals surface area (Å²) in [6, 6.07) is 7.45. The van der Waals surface area contributed by atoms with Gasteiger partial charge in [-0.05, 0) is 45.2 Å². The summed E-state index contributed by atoms with van der Waals surface area (Å²) in [5.74, 6) is 0.974. The molecule has 8 nitrogen and oxygen atoms in total. The lowest BCUT2D eigenvalue weighted by Crippen LogP contribution is -2.33. The number of carbonyl (C=O) groups excluding carboxylic acids is 1. The van der Waals surface area contributed by atoms with Gasteiger partial charge in [-0.25, -0.2) is 9.78 Å². The fourth-order valence-corrected chi connectivity index (χ4v) is 3.04. The summed E-state index contributed by atoms with van der Waals surface area (Å²) in [4.78, 5) is 15.7. The molecule has 0 bridgehead atoms. The quantitative estimate of drug-likeness (QED) is 0.759. The van der Waals surface area contributed by atoms with Crippen LogP contribution in [0.2, 0.25) is 0 Å². The fraction of sp³-hybridized carbons (Fsp3) is 0.444. The van der Waals surface area contributed by atoms with E-state index < -0.39 is 0 Å². The molecule has 8 heteroatoms. The van der Waals surface area contributed by atoms with E-state index >= 15 is 0 Å². The molecule has 26 heavy (non-hydrogen) atoms. The first-order chi connectivity index (χ1) is 12.5. The monoisotopic (exact) mass is 354 g/mol. The van der Waals surface area contributed by atoms with Crippen LogP contribution in [0.4, 0.5) is 16.3 Å². The van der Waals surface area contributed by atoms with Crippen LogP contribution >= 0.6 is 0 Å². The van der Waals surface area contributed by atoms with E-state index in [1.807, 2.05) is 26.0 Å². The molecule has 3 rings (SSSR count). The lowest BCUT2D eigenvalue weighted by Gasteiger charge is -2.14. The average Bonchev–Trinajstić information content (AvgIpc) is 3.24. The van der Waals surface area contributed by atoms with Gasteiger partial charge in [-0.15, -0.1) is 0 Å². The largest absolute Gasteiger partial charge is 0.446 e. The van der Waals surface area contributed by atoms with Crippen molar-refractivity contribution in [2.45, 2.75) is 51.2 Å². The first-order valence-electron chi connectivity index (χ1n) is 8.69. The molecule has 1 saturated carbocycles. The number of pyridine rings is 1. The van der Waals surface area contributed by atoms with Crippen LogP contribution in [0.3, 0.4) is 0 Å². The number of aromatic nitrogens is 3. The Hall–Kier alpha value is -3.08. The third kappa shape index (κ3) is 4.51. The molecule has 1 aliphatic carbocycles. The molecule has 0 radical (unpaired) electrons. The summed E-state index contributed by atoms with van der Waals surface area (Å²) < 4.78 is 5.46.